The highest BCUT2D eigenvalue weighted by atomic mass is 32.2. The predicted molar refractivity (Wildman–Crippen MR) is 77.7 cm³/mol. The number of nitrogens with zero attached hydrogens (tertiary/aromatic N) is 1. The van der Waals surface area contributed by atoms with Gasteiger partial charge in [0.15, 0.2) is 0 Å². The Kier molecular flexibility index (Phi) is 5.93. The fraction of sp³-hybridized carbons (Fsp3) is 0.538. The predicted octanol–water partition coefficient (Wildman–Crippen LogP) is 0.807. The molecule has 1 aromatic rings. The van der Waals surface area contributed by atoms with E-state index in [1.54, 1.807) is 18.2 Å². The Morgan fingerprint density at radius 1 is 1.32 bits per heavy atom. The van der Waals surface area contributed by atoms with Gasteiger partial charge in [-0.2, -0.15) is 0 Å². The molecule has 0 spiro atoms. The molecule has 0 aliphatic rings. The van der Waals surface area contributed by atoms with Crippen molar-refractivity contribution in [1.29, 1.82) is 0 Å². The molecule has 0 radical (unpaired) electrons. The smallest absolute Gasteiger partial charge is 0.240 e. The zero-order valence-electron chi connectivity index (χ0n) is 12.0. The third-order valence-electron chi connectivity index (χ3n) is 2.95. The molecule has 0 saturated heterocycles. The lowest BCUT2D eigenvalue weighted by molar-refractivity contribution is 0.412. The van der Waals surface area contributed by atoms with Crippen LogP contribution in [-0.2, 0) is 10.0 Å². The van der Waals surface area contributed by atoms with Crippen molar-refractivity contribution in [2.24, 2.45) is 0 Å². The van der Waals surface area contributed by atoms with Crippen LogP contribution in [0, 0.1) is 0 Å². The van der Waals surface area contributed by atoms with Crippen molar-refractivity contribution in [3.05, 3.63) is 29.8 Å². The number of nitrogens with one attached hydrogen (secondary N) is 2. The second-order valence-electron chi connectivity index (χ2n) is 4.78. The summed E-state index contributed by atoms with van der Waals surface area (Å²) in [5, 5.41) is 3.10. The second kappa shape index (κ2) is 7.00. The summed E-state index contributed by atoms with van der Waals surface area (Å²) in [6.45, 7) is 3.07. The normalized spacial score (nSPS) is 13.7. The van der Waals surface area contributed by atoms with E-state index in [1.807, 2.05) is 39.0 Å². The van der Waals surface area contributed by atoms with Crippen molar-refractivity contribution < 1.29 is 8.42 Å². The molecule has 1 atom stereocenters. The minimum absolute atomic E-state index is 0.122. The molecule has 0 aliphatic carbocycles. The SMILES string of the molecule is CNC(C)c1cccc(S(=O)(=O)NCCN(C)C)c1. The number of hydrogen-bond acceptors (Lipinski definition) is 4. The Balaban J connectivity index is 2.83. The number of hydrogen-bond donors (Lipinski definition) is 2. The van der Waals surface area contributed by atoms with Crippen LogP contribution < -0.4 is 10.0 Å². The van der Waals surface area contributed by atoms with Gasteiger partial charge < -0.3 is 10.2 Å². The van der Waals surface area contributed by atoms with Crippen LogP contribution in [0.15, 0.2) is 29.2 Å². The highest BCUT2D eigenvalue weighted by Crippen LogP contribution is 2.16. The Morgan fingerprint density at radius 3 is 2.58 bits per heavy atom. The fourth-order valence-electron chi connectivity index (χ4n) is 1.60. The third-order valence-corrected chi connectivity index (χ3v) is 4.41. The van der Waals surface area contributed by atoms with Gasteiger partial charge in [-0.15, -0.1) is 0 Å². The Hall–Kier alpha value is -0.950. The maximum Gasteiger partial charge on any atom is 0.240 e. The largest absolute Gasteiger partial charge is 0.313 e. The van der Waals surface area contributed by atoms with E-state index in [0.29, 0.717) is 18.0 Å². The van der Waals surface area contributed by atoms with E-state index in [9.17, 15) is 8.42 Å². The van der Waals surface area contributed by atoms with Crippen LogP contribution in [0.5, 0.6) is 0 Å². The molecule has 2 N–H and O–H groups in total. The molecule has 1 rings (SSSR count). The molecular formula is C13H23N3O2S. The van der Waals surface area contributed by atoms with Gasteiger partial charge in [0.2, 0.25) is 10.0 Å². The van der Waals surface area contributed by atoms with E-state index in [1.165, 1.54) is 0 Å². The summed E-state index contributed by atoms with van der Waals surface area (Å²) in [6, 6.07) is 7.13. The van der Waals surface area contributed by atoms with Crippen molar-refractivity contribution in [2.75, 3.05) is 34.2 Å². The molecular weight excluding hydrogens is 262 g/mol. The fourth-order valence-corrected chi connectivity index (χ4v) is 2.68. The molecule has 0 aliphatic heterocycles. The lowest BCUT2D eigenvalue weighted by Crippen LogP contribution is -2.31. The first-order valence-electron chi connectivity index (χ1n) is 6.28. The quantitative estimate of drug-likeness (QED) is 0.778. The van der Waals surface area contributed by atoms with Gasteiger partial charge >= 0.3 is 0 Å². The standard InChI is InChI=1S/C13H23N3O2S/c1-11(14-2)12-6-5-7-13(10-12)19(17,18)15-8-9-16(3)4/h5-7,10-11,14-15H,8-9H2,1-4H3. The van der Waals surface area contributed by atoms with Crippen LogP contribution in [0.3, 0.4) is 0 Å². The molecule has 5 nitrogen and oxygen atoms in total. The molecule has 6 heteroatoms. The zero-order chi connectivity index (χ0) is 14.5. The van der Waals surface area contributed by atoms with Crippen LogP contribution in [-0.4, -0.2) is 47.6 Å². The maximum absolute atomic E-state index is 12.1. The van der Waals surface area contributed by atoms with Crippen molar-refractivity contribution >= 4 is 10.0 Å². The molecule has 108 valence electrons. The van der Waals surface area contributed by atoms with Crippen molar-refractivity contribution in [3.8, 4) is 0 Å². The van der Waals surface area contributed by atoms with Gasteiger partial charge in [0.1, 0.15) is 0 Å². The summed E-state index contributed by atoms with van der Waals surface area (Å²) < 4.78 is 26.9. The molecule has 0 heterocycles. The van der Waals surface area contributed by atoms with Crippen LogP contribution in [0.4, 0.5) is 0 Å². The first kappa shape index (κ1) is 16.1. The Bertz CT molecular complexity index is 500. The first-order chi connectivity index (χ1) is 8.86. The van der Waals surface area contributed by atoms with Crippen molar-refractivity contribution in [1.82, 2.24) is 14.9 Å². The Labute approximate surface area is 116 Å². The van der Waals surface area contributed by atoms with Gasteiger partial charge in [0.25, 0.3) is 0 Å². The van der Waals surface area contributed by atoms with E-state index in [4.69, 9.17) is 0 Å². The van der Waals surface area contributed by atoms with E-state index >= 15 is 0 Å². The van der Waals surface area contributed by atoms with Crippen molar-refractivity contribution in [3.63, 3.8) is 0 Å². The lowest BCUT2D eigenvalue weighted by Gasteiger charge is -2.14. The summed E-state index contributed by atoms with van der Waals surface area (Å²) in [5.41, 5.74) is 0.956. The van der Waals surface area contributed by atoms with E-state index in [0.717, 1.165) is 5.56 Å². The molecule has 0 amide bonds. The van der Waals surface area contributed by atoms with Gasteiger partial charge in [0, 0.05) is 19.1 Å². The number of benzene rings is 1. The molecule has 0 aromatic heterocycles. The van der Waals surface area contributed by atoms with Crippen LogP contribution in [0.2, 0.25) is 0 Å². The minimum atomic E-state index is -3.42. The Morgan fingerprint density at radius 2 is 2.00 bits per heavy atom. The molecule has 1 aromatic carbocycles. The highest BCUT2D eigenvalue weighted by Gasteiger charge is 2.14. The van der Waals surface area contributed by atoms with Gasteiger partial charge in [0.05, 0.1) is 4.90 Å². The van der Waals surface area contributed by atoms with Gasteiger partial charge in [-0.25, -0.2) is 13.1 Å². The molecule has 0 saturated carbocycles. The van der Waals surface area contributed by atoms with Gasteiger partial charge in [-0.05, 0) is 45.8 Å². The summed E-state index contributed by atoms with van der Waals surface area (Å²) in [6.07, 6.45) is 0. The van der Waals surface area contributed by atoms with Crippen LogP contribution in [0.1, 0.15) is 18.5 Å². The molecule has 1 unspecified atom stereocenters. The van der Waals surface area contributed by atoms with Crippen LogP contribution >= 0.6 is 0 Å². The summed E-state index contributed by atoms with van der Waals surface area (Å²) in [7, 11) is 2.24. The van der Waals surface area contributed by atoms with Gasteiger partial charge in [-0.3, -0.25) is 0 Å². The maximum atomic E-state index is 12.1. The molecule has 0 fully saturated rings. The third kappa shape index (κ3) is 4.91. The average molecular weight is 285 g/mol. The number of rotatable bonds is 7. The number of sulfonamides is 1. The minimum Gasteiger partial charge on any atom is -0.313 e. The van der Waals surface area contributed by atoms with E-state index in [-0.39, 0.29) is 6.04 Å². The van der Waals surface area contributed by atoms with Crippen LogP contribution in [0.25, 0.3) is 0 Å². The summed E-state index contributed by atoms with van der Waals surface area (Å²) in [5.74, 6) is 0. The zero-order valence-corrected chi connectivity index (χ0v) is 12.8. The first-order valence-corrected chi connectivity index (χ1v) is 7.77. The molecule has 19 heavy (non-hydrogen) atoms. The van der Waals surface area contributed by atoms with E-state index < -0.39 is 10.0 Å². The number of likely N-dealkylation sites (N-methyl/N-ethyl adjacent to an activating group) is 1. The topological polar surface area (TPSA) is 61.4 Å². The summed E-state index contributed by atoms with van der Waals surface area (Å²) >= 11 is 0. The van der Waals surface area contributed by atoms with E-state index in [2.05, 4.69) is 10.0 Å². The summed E-state index contributed by atoms with van der Waals surface area (Å²) in [4.78, 5) is 2.24. The average Bonchev–Trinajstić information content (AvgIpc) is 2.37. The highest BCUT2D eigenvalue weighted by molar-refractivity contribution is 7.89. The second-order valence-corrected chi connectivity index (χ2v) is 6.55. The van der Waals surface area contributed by atoms with Gasteiger partial charge in [-0.1, -0.05) is 12.1 Å². The lowest BCUT2D eigenvalue weighted by atomic mass is 10.1. The molecule has 0 bridgehead atoms. The monoisotopic (exact) mass is 285 g/mol. The van der Waals surface area contributed by atoms with Crippen molar-refractivity contribution in [2.45, 2.75) is 17.9 Å².